The van der Waals surface area contributed by atoms with Crippen LogP contribution >= 0.6 is 0 Å². The molecule has 1 N–H and O–H groups in total. The molecule has 7 heteroatoms. The number of nitrogens with one attached hydrogen (secondary N) is 1. The minimum absolute atomic E-state index is 0.0799. The maximum Gasteiger partial charge on any atom is 0.261 e. The third-order valence-corrected chi connectivity index (χ3v) is 6.11. The number of anilines is 4. The van der Waals surface area contributed by atoms with Crippen LogP contribution in [0.25, 0.3) is 0 Å². The quantitative estimate of drug-likeness (QED) is 0.655. The number of benzene rings is 1. The molecule has 0 saturated carbocycles. The fourth-order valence-corrected chi connectivity index (χ4v) is 4.45. The number of rotatable bonds is 5. The summed E-state index contributed by atoms with van der Waals surface area (Å²) < 4.78 is 6.13. The zero-order valence-corrected chi connectivity index (χ0v) is 18.5. The van der Waals surface area contributed by atoms with E-state index in [2.05, 4.69) is 21.4 Å². The molecule has 0 aliphatic carbocycles. The fraction of sp³-hybridized carbons (Fsp3) is 0.320. The molecule has 0 spiro atoms. The summed E-state index contributed by atoms with van der Waals surface area (Å²) in [6.45, 7) is 4.24. The highest BCUT2D eigenvalue weighted by Crippen LogP contribution is 2.37. The summed E-state index contributed by atoms with van der Waals surface area (Å²) in [5.74, 6) is 2.25. The van der Waals surface area contributed by atoms with Crippen LogP contribution in [-0.2, 0) is 12.8 Å². The number of carbonyl (C=O) groups excluding carboxylic acids is 1. The van der Waals surface area contributed by atoms with Gasteiger partial charge in [-0.1, -0.05) is 6.07 Å². The normalized spacial score (nSPS) is 14.8. The number of hydrogen-bond acceptors (Lipinski definition) is 6. The molecular weight excluding hydrogens is 402 g/mol. The van der Waals surface area contributed by atoms with Gasteiger partial charge in [0.2, 0.25) is 0 Å². The van der Waals surface area contributed by atoms with Gasteiger partial charge in [0.15, 0.2) is 5.82 Å². The minimum atomic E-state index is -0.0799. The standard InChI is InChI=1S/C25H27N5O2/c1-3-30-23-19(25(31)29(2)21-9-6-13-27-24(21)30)15-17(16-28-23)11-14-32-22-10-4-8-20-18(22)7-5-12-26-20/h4,6,8-10,13,15-16,26H,3,5,7,11-12,14H2,1-2H3. The molecule has 2 aliphatic heterocycles. The highest BCUT2D eigenvalue weighted by molar-refractivity contribution is 6.12. The molecule has 0 radical (unpaired) electrons. The van der Waals surface area contributed by atoms with Gasteiger partial charge in [-0.2, -0.15) is 0 Å². The van der Waals surface area contributed by atoms with Gasteiger partial charge >= 0.3 is 0 Å². The third kappa shape index (κ3) is 3.53. The largest absolute Gasteiger partial charge is 0.493 e. The Bertz CT molecular complexity index is 1160. The summed E-state index contributed by atoms with van der Waals surface area (Å²) in [6.07, 6.45) is 6.40. The van der Waals surface area contributed by atoms with Crippen LogP contribution in [0.15, 0.2) is 48.8 Å². The maximum atomic E-state index is 13.3. The van der Waals surface area contributed by atoms with Gasteiger partial charge in [0.05, 0.1) is 17.9 Å². The molecule has 0 unspecified atom stereocenters. The topological polar surface area (TPSA) is 70.6 Å². The first kappa shape index (κ1) is 20.3. The van der Waals surface area contributed by atoms with Crippen molar-refractivity contribution >= 4 is 28.9 Å². The highest BCUT2D eigenvalue weighted by Gasteiger charge is 2.30. The molecule has 5 rings (SSSR count). The van der Waals surface area contributed by atoms with E-state index in [1.165, 1.54) is 11.3 Å². The Kier molecular flexibility index (Phi) is 5.39. The van der Waals surface area contributed by atoms with Crippen LogP contribution in [0.1, 0.15) is 34.8 Å². The predicted molar refractivity (Wildman–Crippen MR) is 126 cm³/mol. The van der Waals surface area contributed by atoms with Crippen molar-refractivity contribution in [3.8, 4) is 5.75 Å². The Morgan fingerprint density at radius 2 is 2.06 bits per heavy atom. The van der Waals surface area contributed by atoms with Gasteiger partial charge in [-0.15, -0.1) is 0 Å². The van der Waals surface area contributed by atoms with Crippen molar-refractivity contribution in [1.82, 2.24) is 9.97 Å². The van der Waals surface area contributed by atoms with Gasteiger partial charge < -0.3 is 19.9 Å². The zero-order chi connectivity index (χ0) is 22.1. The third-order valence-electron chi connectivity index (χ3n) is 6.11. The zero-order valence-electron chi connectivity index (χ0n) is 18.5. The summed E-state index contributed by atoms with van der Waals surface area (Å²) in [6, 6.07) is 11.9. The average molecular weight is 430 g/mol. The van der Waals surface area contributed by atoms with Crippen molar-refractivity contribution in [2.24, 2.45) is 0 Å². The van der Waals surface area contributed by atoms with Gasteiger partial charge in [0.1, 0.15) is 11.6 Å². The Balaban J connectivity index is 1.38. The van der Waals surface area contributed by atoms with Crippen LogP contribution in [0.4, 0.5) is 23.0 Å². The van der Waals surface area contributed by atoms with Crippen LogP contribution in [0.2, 0.25) is 0 Å². The Morgan fingerprint density at radius 3 is 2.94 bits per heavy atom. The van der Waals surface area contributed by atoms with Crippen LogP contribution in [0.5, 0.6) is 5.75 Å². The first-order chi connectivity index (χ1) is 15.7. The lowest BCUT2D eigenvalue weighted by atomic mass is 10.0. The van der Waals surface area contributed by atoms with Crippen molar-refractivity contribution in [2.75, 3.05) is 41.9 Å². The molecule has 2 aromatic heterocycles. The van der Waals surface area contributed by atoms with Gasteiger partial charge in [-0.25, -0.2) is 9.97 Å². The number of aromatic nitrogens is 2. The lowest BCUT2D eigenvalue weighted by molar-refractivity contribution is 0.0994. The lowest BCUT2D eigenvalue weighted by Gasteiger charge is -2.22. The number of pyridine rings is 2. The lowest BCUT2D eigenvalue weighted by Crippen LogP contribution is -2.25. The molecule has 3 aromatic rings. The Labute approximate surface area is 188 Å². The van der Waals surface area contributed by atoms with E-state index >= 15 is 0 Å². The van der Waals surface area contributed by atoms with Crippen molar-refractivity contribution in [3.05, 3.63) is 65.5 Å². The van der Waals surface area contributed by atoms with Crippen molar-refractivity contribution in [3.63, 3.8) is 0 Å². The first-order valence-corrected chi connectivity index (χ1v) is 11.2. The van der Waals surface area contributed by atoms with E-state index < -0.39 is 0 Å². The van der Waals surface area contributed by atoms with E-state index in [0.717, 1.165) is 42.2 Å². The summed E-state index contributed by atoms with van der Waals surface area (Å²) in [5, 5.41) is 3.44. The first-order valence-electron chi connectivity index (χ1n) is 11.2. The van der Waals surface area contributed by atoms with E-state index in [9.17, 15) is 4.79 Å². The Morgan fingerprint density at radius 1 is 1.16 bits per heavy atom. The second kappa shape index (κ2) is 8.49. The molecule has 0 saturated heterocycles. The van der Waals surface area contributed by atoms with E-state index in [-0.39, 0.29) is 5.91 Å². The van der Waals surface area contributed by atoms with Gasteiger partial charge in [0, 0.05) is 50.2 Å². The highest BCUT2D eigenvalue weighted by atomic mass is 16.5. The smallest absolute Gasteiger partial charge is 0.261 e. The number of nitrogens with zero attached hydrogens (tertiary/aromatic N) is 4. The van der Waals surface area contributed by atoms with Gasteiger partial charge in [-0.3, -0.25) is 4.79 Å². The molecule has 2 aliphatic rings. The summed E-state index contributed by atoms with van der Waals surface area (Å²) in [5.41, 5.74) is 4.76. The molecule has 0 bridgehead atoms. The van der Waals surface area contributed by atoms with Gasteiger partial charge in [0.25, 0.3) is 5.91 Å². The number of hydrogen-bond donors (Lipinski definition) is 1. The second-order valence-corrected chi connectivity index (χ2v) is 8.08. The molecule has 7 nitrogen and oxygen atoms in total. The molecule has 0 fully saturated rings. The molecule has 32 heavy (non-hydrogen) atoms. The summed E-state index contributed by atoms with van der Waals surface area (Å²) >= 11 is 0. The molecular formula is C25H27N5O2. The van der Waals surface area contributed by atoms with Crippen molar-refractivity contribution in [1.29, 1.82) is 0 Å². The number of amides is 1. The molecule has 164 valence electrons. The SMILES string of the molecule is CCN1c2ncc(CCOc3cccc4c3CCCN4)cc2C(=O)N(C)c2cccnc21. The minimum Gasteiger partial charge on any atom is -0.493 e. The molecule has 1 aromatic carbocycles. The van der Waals surface area contributed by atoms with Crippen LogP contribution in [0.3, 0.4) is 0 Å². The molecule has 1 amide bonds. The summed E-state index contributed by atoms with van der Waals surface area (Å²) in [4.78, 5) is 26.1. The second-order valence-electron chi connectivity index (χ2n) is 8.08. The van der Waals surface area contributed by atoms with Crippen molar-refractivity contribution < 1.29 is 9.53 Å². The molecule has 0 atom stereocenters. The molecule has 4 heterocycles. The number of carbonyl (C=O) groups is 1. The monoisotopic (exact) mass is 429 g/mol. The van der Waals surface area contributed by atoms with Gasteiger partial charge in [-0.05, 0) is 55.7 Å². The van der Waals surface area contributed by atoms with E-state index in [1.54, 1.807) is 18.1 Å². The Hall–Kier alpha value is -3.61. The maximum absolute atomic E-state index is 13.3. The number of fused-ring (bicyclic) bond motifs is 3. The fourth-order valence-electron chi connectivity index (χ4n) is 4.45. The van der Waals surface area contributed by atoms with Crippen molar-refractivity contribution in [2.45, 2.75) is 26.2 Å². The number of ether oxygens (including phenoxy) is 1. The van der Waals surface area contributed by atoms with Crippen LogP contribution in [0, 0.1) is 0 Å². The van der Waals surface area contributed by atoms with Crippen LogP contribution < -0.4 is 19.9 Å². The average Bonchev–Trinajstić information content (AvgIpc) is 2.92. The van der Waals surface area contributed by atoms with Crippen LogP contribution in [-0.4, -0.2) is 42.6 Å². The van der Waals surface area contributed by atoms with E-state index in [0.29, 0.717) is 31.0 Å². The van der Waals surface area contributed by atoms with E-state index in [4.69, 9.17) is 4.74 Å². The van der Waals surface area contributed by atoms with E-state index in [1.807, 2.05) is 48.4 Å². The predicted octanol–water partition coefficient (Wildman–Crippen LogP) is 4.20. The summed E-state index contributed by atoms with van der Waals surface area (Å²) in [7, 11) is 1.79.